The molecule has 0 spiro atoms. The van der Waals surface area contributed by atoms with E-state index in [9.17, 15) is 48.0 Å². The minimum absolute atomic E-state index is 0.0732. The van der Waals surface area contributed by atoms with E-state index >= 15 is 0 Å². The number of amides is 1. The maximum absolute atomic E-state index is 13.2. The molecule has 0 atom stereocenters. The van der Waals surface area contributed by atoms with E-state index in [0.29, 0.717) is 24.3 Å². The van der Waals surface area contributed by atoms with Crippen LogP contribution in [0.15, 0.2) is 46.3 Å². The molecule has 3 heterocycles. The lowest BCUT2D eigenvalue weighted by Gasteiger charge is -2.14. The van der Waals surface area contributed by atoms with Gasteiger partial charge in [-0.15, -0.1) is 5.10 Å². The van der Waals surface area contributed by atoms with Crippen LogP contribution >= 0.6 is 0 Å². The van der Waals surface area contributed by atoms with E-state index in [0.717, 1.165) is 21.7 Å². The molecule has 35 heavy (non-hydrogen) atoms. The molecule has 0 aliphatic carbocycles. The molecule has 1 aromatic carbocycles. The molecule has 4 rings (SSSR count). The van der Waals surface area contributed by atoms with Gasteiger partial charge in [-0.05, 0) is 29.8 Å². The lowest BCUT2D eigenvalue weighted by Crippen LogP contribution is -2.26. The Morgan fingerprint density at radius 3 is 2.23 bits per heavy atom. The number of fused-ring (bicyclic) bond motifs is 2. The summed E-state index contributed by atoms with van der Waals surface area (Å²) in [6, 6.07) is 3.35. The second-order valence-corrected chi connectivity index (χ2v) is 11.6. The van der Waals surface area contributed by atoms with E-state index in [2.05, 4.69) is 5.10 Å². The Morgan fingerprint density at radius 1 is 1.00 bits per heavy atom. The average Bonchev–Trinajstić information content (AvgIpc) is 3.29. The molecule has 0 bridgehead atoms. The molecule has 188 valence electrons. The fourth-order valence-corrected chi connectivity index (χ4v) is 5.54. The van der Waals surface area contributed by atoms with Crippen LogP contribution in [0.2, 0.25) is 0 Å². The van der Waals surface area contributed by atoms with E-state index in [1.54, 1.807) is 0 Å². The fourth-order valence-electron chi connectivity index (χ4n) is 3.56. The summed E-state index contributed by atoms with van der Waals surface area (Å²) in [4.78, 5) is 11.9. The highest BCUT2D eigenvalue weighted by Crippen LogP contribution is 2.39. The van der Waals surface area contributed by atoms with Crippen molar-refractivity contribution in [1.29, 1.82) is 0 Å². The molecule has 0 unspecified atom stereocenters. The summed E-state index contributed by atoms with van der Waals surface area (Å²) in [5, 5.41) is 3.95. The maximum Gasteiger partial charge on any atom is 0.501 e. The molecule has 0 radical (unpaired) electrons. The number of halogens is 6. The number of nitrogens with zero attached hydrogens (tertiary/aromatic N) is 3. The van der Waals surface area contributed by atoms with Crippen LogP contribution in [-0.2, 0) is 32.4 Å². The van der Waals surface area contributed by atoms with Gasteiger partial charge in [0.2, 0.25) is 0 Å². The van der Waals surface area contributed by atoms with E-state index in [-0.39, 0.29) is 5.56 Å². The second kappa shape index (κ2) is 7.68. The number of aromatic nitrogens is 2. The van der Waals surface area contributed by atoms with Gasteiger partial charge in [0.1, 0.15) is 4.90 Å². The first-order chi connectivity index (χ1) is 16.0. The number of sulfone groups is 2. The summed E-state index contributed by atoms with van der Waals surface area (Å²) >= 11 is 0. The van der Waals surface area contributed by atoms with Crippen LogP contribution < -0.4 is 4.90 Å². The zero-order valence-electron chi connectivity index (χ0n) is 17.3. The van der Waals surface area contributed by atoms with E-state index in [1.807, 2.05) is 0 Å². The Bertz CT molecular complexity index is 1590. The van der Waals surface area contributed by atoms with Crippen molar-refractivity contribution in [1.82, 2.24) is 9.61 Å². The maximum atomic E-state index is 13.2. The van der Waals surface area contributed by atoms with Crippen LogP contribution in [0, 0.1) is 0 Å². The van der Waals surface area contributed by atoms with Crippen LogP contribution in [0.4, 0.5) is 32.2 Å². The molecule has 0 saturated carbocycles. The number of anilines is 1. The smallest absolute Gasteiger partial charge is 0.286 e. The van der Waals surface area contributed by atoms with E-state index < -0.39 is 81.8 Å². The van der Waals surface area contributed by atoms with Gasteiger partial charge in [-0.3, -0.25) is 9.69 Å². The van der Waals surface area contributed by atoms with Crippen molar-refractivity contribution in [2.24, 2.45) is 0 Å². The second-order valence-electron chi connectivity index (χ2n) is 7.46. The Hall–Kier alpha value is -3.14. The minimum atomic E-state index is -5.77. The molecule has 8 nitrogen and oxygen atoms in total. The Kier molecular flexibility index (Phi) is 5.48. The van der Waals surface area contributed by atoms with Gasteiger partial charge in [-0.2, -0.15) is 26.3 Å². The van der Waals surface area contributed by atoms with Gasteiger partial charge in [0, 0.05) is 11.8 Å². The first kappa shape index (κ1) is 25.0. The number of carbonyl (C=O) groups excluding carboxylic acids is 1. The highest BCUT2D eigenvalue weighted by Gasteiger charge is 2.47. The van der Waals surface area contributed by atoms with Crippen molar-refractivity contribution in [2.45, 2.75) is 34.9 Å². The summed E-state index contributed by atoms with van der Waals surface area (Å²) in [5.41, 5.74) is -7.61. The molecule has 16 heteroatoms. The third-order valence-electron chi connectivity index (χ3n) is 5.35. The van der Waals surface area contributed by atoms with E-state index in [1.165, 1.54) is 6.92 Å². The number of alkyl halides is 6. The van der Waals surface area contributed by atoms with Gasteiger partial charge in [0.25, 0.3) is 15.7 Å². The molecule has 1 aliphatic heterocycles. The molecule has 0 saturated heterocycles. The van der Waals surface area contributed by atoms with Crippen LogP contribution in [0.1, 0.15) is 28.4 Å². The zero-order chi connectivity index (χ0) is 26.1. The minimum Gasteiger partial charge on any atom is -0.286 e. The first-order valence-electron chi connectivity index (χ1n) is 9.57. The molecule has 1 amide bonds. The summed E-state index contributed by atoms with van der Waals surface area (Å²) in [5.74, 6) is -2.15. The van der Waals surface area contributed by atoms with Gasteiger partial charge in [0.15, 0.2) is 15.7 Å². The average molecular weight is 541 g/mol. The summed E-state index contributed by atoms with van der Waals surface area (Å²) in [7, 11) is -10.0. The largest absolute Gasteiger partial charge is 0.501 e. The lowest BCUT2D eigenvalue weighted by molar-refractivity contribution is -0.137. The predicted octanol–water partition coefficient (Wildman–Crippen LogP) is 3.60. The Morgan fingerprint density at radius 2 is 1.66 bits per heavy atom. The zero-order valence-corrected chi connectivity index (χ0v) is 19.0. The Labute approximate surface area is 193 Å². The number of carbonyl (C=O) groups is 1. The summed E-state index contributed by atoms with van der Waals surface area (Å²) in [6.45, 7) is 0.827. The highest BCUT2D eigenvalue weighted by molar-refractivity contribution is 7.92. The fraction of sp³-hybridized carbons (Fsp3) is 0.263. The van der Waals surface area contributed by atoms with Gasteiger partial charge in [0.05, 0.1) is 28.3 Å². The number of hydrogen-bond donors (Lipinski definition) is 0. The quantitative estimate of drug-likeness (QED) is 0.468. The number of rotatable bonds is 4. The van der Waals surface area contributed by atoms with Gasteiger partial charge in [-0.1, -0.05) is 13.0 Å². The SMILES string of the molecule is CCS(=O)(=O)c1c(N2Cc3ccc(S(=O)(=O)C(F)(F)F)cc3C2=O)nn2ccc(C(F)(F)F)cc12. The third-order valence-corrected chi connectivity index (χ3v) is 8.60. The summed E-state index contributed by atoms with van der Waals surface area (Å²) in [6.07, 6.45) is -3.95. The van der Waals surface area contributed by atoms with Crippen molar-refractivity contribution in [3.05, 3.63) is 53.2 Å². The van der Waals surface area contributed by atoms with Crippen LogP contribution in [0.3, 0.4) is 0 Å². The van der Waals surface area contributed by atoms with Crippen LogP contribution in [0.25, 0.3) is 5.52 Å². The predicted molar refractivity (Wildman–Crippen MR) is 108 cm³/mol. The van der Waals surface area contributed by atoms with E-state index in [4.69, 9.17) is 0 Å². The molecule has 1 aliphatic rings. The number of hydrogen-bond acceptors (Lipinski definition) is 6. The molecular weight excluding hydrogens is 528 g/mol. The Balaban J connectivity index is 1.89. The number of pyridine rings is 1. The molecule has 3 aromatic rings. The topological polar surface area (TPSA) is 106 Å². The van der Waals surface area contributed by atoms with Crippen LogP contribution in [0.5, 0.6) is 0 Å². The molecule has 0 fully saturated rings. The first-order valence-corrected chi connectivity index (χ1v) is 12.7. The van der Waals surface area contributed by atoms with Gasteiger partial charge < -0.3 is 0 Å². The van der Waals surface area contributed by atoms with Gasteiger partial charge >= 0.3 is 11.7 Å². The lowest BCUT2D eigenvalue weighted by atomic mass is 10.1. The third kappa shape index (κ3) is 3.93. The highest BCUT2D eigenvalue weighted by atomic mass is 32.2. The molecule has 0 N–H and O–H groups in total. The normalized spacial score (nSPS) is 15.2. The monoisotopic (exact) mass is 541 g/mol. The number of benzene rings is 1. The van der Waals surface area contributed by atoms with Crippen molar-refractivity contribution < 1.29 is 48.0 Å². The van der Waals surface area contributed by atoms with Crippen molar-refractivity contribution >= 4 is 36.9 Å². The van der Waals surface area contributed by atoms with Crippen molar-refractivity contribution in [3.63, 3.8) is 0 Å². The molecular formula is C19H13F6N3O5S2. The van der Waals surface area contributed by atoms with Crippen LogP contribution in [-0.4, -0.2) is 43.6 Å². The standard InChI is InChI=1S/C19H13F6N3O5S2/c1-2-34(30,31)15-14-7-11(18(20,21)22)5-6-28(14)26-16(15)27-9-10-3-4-12(8-13(10)17(27)29)35(32,33)19(23,24)25/h3-8H,2,9H2,1H3. The summed E-state index contributed by atoms with van der Waals surface area (Å²) < 4.78 is 128. The van der Waals surface area contributed by atoms with Crippen molar-refractivity contribution in [3.8, 4) is 0 Å². The van der Waals surface area contributed by atoms with Gasteiger partial charge in [-0.25, -0.2) is 21.4 Å². The van der Waals surface area contributed by atoms with Crippen molar-refractivity contribution in [2.75, 3.05) is 10.7 Å². The molecule has 2 aromatic heterocycles.